The second-order valence-corrected chi connectivity index (χ2v) is 7.72. The summed E-state index contributed by atoms with van der Waals surface area (Å²) in [6.07, 6.45) is -0.406. The van der Waals surface area contributed by atoms with Gasteiger partial charge in [-0.25, -0.2) is 27.8 Å². The maximum Gasteiger partial charge on any atom is 0.416 e. The molecule has 0 aliphatic rings. The number of carbonyl (C=O) groups excluding carboxylic acids is 1. The molecule has 2 N–H and O–H groups in total. The van der Waals surface area contributed by atoms with Crippen LogP contribution < -0.4 is 10.0 Å². The Hall–Kier alpha value is -3.32. The van der Waals surface area contributed by atoms with Crippen LogP contribution in [0.2, 0.25) is 0 Å². The standard InChI is InChI=1S/C17H15F3N6O3S/c18-17(19,20)13-4-1-5-14(7-13)30(28,29)25-9-15(27)23-8-12-3-2-6-22-16(12)26-11-21-10-24-26/h1-7,10-11,25H,8-9H2,(H,23,27). The number of carbonyl (C=O) groups is 1. The average molecular weight is 440 g/mol. The number of halogens is 3. The molecule has 0 aliphatic carbocycles. The SMILES string of the molecule is O=C(CNS(=O)(=O)c1cccc(C(F)(F)F)c1)NCc1cccnc1-n1cncn1. The lowest BCUT2D eigenvalue weighted by Crippen LogP contribution is -2.36. The second kappa shape index (κ2) is 8.59. The van der Waals surface area contributed by atoms with Gasteiger partial charge in [-0.15, -0.1) is 0 Å². The van der Waals surface area contributed by atoms with Crippen molar-refractivity contribution < 1.29 is 26.4 Å². The minimum absolute atomic E-state index is 0.0210. The molecule has 2 heterocycles. The Morgan fingerprint density at radius 2 is 1.97 bits per heavy atom. The normalized spacial score (nSPS) is 12.0. The van der Waals surface area contributed by atoms with Gasteiger partial charge in [-0.1, -0.05) is 12.1 Å². The van der Waals surface area contributed by atoms with Crippen molar-refractivity contribution in [1.29, 1.82) is 0 Å². The maximum atomic E-state index is 12.8. The van der Waals surface area contributed by atoms with Gasteiger partial charge < -0.3 is 5.32 Å². The van der Waals surface area contributed by atoms with E-state index >= 15 is 0 Å². The second-order valence-electron chi connectivity index (χ2n) is 5.95. The van der Waals surface area contributed by atoms with Gasteiger partial charge in [0, 0.05) is 18.3 Å². The van der Waals surface area contributed by atoms with Gasteiger partial charge in [0.25, 0.3) is 0 Å². The Morgan fingerprint density at radius 3 is 2.67 bits per heavy atom. The number of rotatable bonds is 7. The number of hydrogen-bond donors (Lipinski definition) is 2. The van der Waals surface area contributed by atoms with Gasteiger partial charge in [0.2, 0.25) is 15.9 Å². The lowest BCUT2D eigenvalue weighted by Gasteiger charge is -2.11. The van der Waals surface area contributed by atoms with Crippen LogP contribution in [0.25, 0.3) is 5.82 Å². The van der Waals surface area contributed by atoms with Gasteiger partial charge in [0.15, 0.2) is 5.82 Å². The first-order chi connectivity index (χ1) is 14.2. The highest BCUT2D eigenvalue weighted by molar-refractivity contribution is 7.89. The third-order valence-corrected chi connectivity index (χ3v) is 5.27. The molecule has 3 aromatic rings. The van der Waals surface area contributed by atoms with E-state index in [0.717, 1.165) is 18.2 Å². The zero-order chi connectivity index (χ0) is 21.8. The van der Waals surface area contributed by atoms with Gasteiger partial charge in [-0.05, 0) is 24.3 Å². The van der Waals surface area contributed by atoms with Gasteiger partial charge in [0.05, 0.1) is 17.0 Å². The number of nitrogens with zero attached hydrogens (tertiary/aromatic N) is 4. The van der Waals surface area contributed by atoms with Crippen LogP contribution in [0.3, 0.4) is 0 Å². The highest BCUT2D eigenvalue weighted by atomic mass is 32.2. The maximum absolute atomic E-state index is 12.8. The summed E-state index contributed by atoms with van der Waals surface area (Å²) in [6.45, 7) is -0.634. The number of nitrogens with one attached hydrogen (secondary N) is 2. The number of hydrogen-bond acceptors (Lipinski definition) is 6. The van der Waals surface area contributed by atoms with Crippen LogP contribution >= 0.6 is 0 Å². The molecule has 1 amide bonds. The number of sulfonamides is 1. The van der Waals surface area contributed by atoms with Crippen LogP contribution in [-0.4, -0.2) is 40.6 Å². The summed E-state index contributed by atoms with van der Waals surface area (Å²) in [5.41, 5.74) is -0.510. The highest BCUT2D eigenvalue weighted by Crippen LogP contribution is 2.30. The summed E-state index contributed by atoms with van der Waals surface area (Å²) >= 11 is 0. The van der Waals surface area contributed by atoms with E-state index in [1.807, 2.05) is 4.72 Å². The lowest BCUT2D eigenvalue weighted by atomic mass is 10.2. The third-order valence-electron chi connectivity index (χ3n) is 3.87. The molecule has 3 rings (SSSR count). The molecule has 13 heteroatoms. The van der Waals surface area contributed by atoms with Gasteiger partial charge in [-0.3, -0.25) is 4.79 Å². The molecule has 0 unspecified atom stereocenters. The number of amides is 1. The molecule has 0 radical (unpaired) electrons. The predicted molar refractivity (Wildman–Crippen MR) is 97.6 cm³/mol. The van der Waals surface area contributed by atoms with E-state index in [-0.39, 0.29) is 6.54 Å². The number of pyridine rings is 1. The molecule has 1 aromatic carbocycles. The minimum atomic E-state index is -4.69. The van der Waals surface area contributed by atoms with Crippen LogP contribution in [0.5, 0.6) is 0 Å². The Balaban J connectivity index is 1.62. The number of benzene rings is 1. The quantitative estimate of drug-likeness (QED) is 0.571. The Morgan fingerprint density at radius 1 is 1.17 bits per heavy atom. The Bertz CT molecular complexity index is 1130. The number of alkyl halides is 3. The van der Waals surface area contributed by atoms with E-state index in [4.69, 9.17) is 0 Å². The van der Waals surface area contributed by atoms with Crippen molar-refractivity contribution in [3.63, 3.8) is 0 Å². The molecule has 0 atom stereocenters. The molecule has 30 heavy (non-hydrogen) atoms. The van der Waals surface area contributed by atoms with E-state index < -0.39 is 39.1 Å². The molecule has 158 valence electrons. The fraction of sp³-hybridized carbons (Fsp3) is 0.176. The smallest absolute Gasteiger partial charge is 0.351 e. The Labute approximate surface area is 169 Å². The first kappa shape index (κ1) is 21.4. The largest absolute Gasteiger partial charge is 0.416 e. The van der Waals surface area contributed by atoms with Crippen molar-refractivity contribution in [2.24, 2.45) is 0 Å². The third kappa shape index (κ3) is 5.18. The van der Waals surface area contributed by atoms with Gasteiger partial charge in [0.1, 0.15) is 12.7 Å². The van der Waals surface area contributed by atoms with E-state index in [2.05, 4.69) is 20.4 Å². The summed E-state index contributed by atoms with van der Waals surface area (Å²) < 4.78 is 66.1. The van der Waals surface area contributed by atoms with E-state index in [0.29, 0.717) is 17.4 Å². The van der Waals surface area contributed by atoms with Crippen molar-refractivity contribution in [3.8, 4) is 5.82 Å². The van der Waals surface area contributed by atoms with Gasteiger partial charge >= 0.3 is 6.18 Å². The highest BCUT2D eigenvalue weighted by Gasteiger charge is 2.31. The molecule has 0 saturated heterocycles. The van der Waals surface area contributed by atoms with E-state index in [1.165, 1.54) is 23.5 Å². The van der Waals surface area contributed by atoms with Gasteiger partial charge in [-0.2, -0.15) is 18.3 Å². The van der Waals surface area contributed by atoms with Crippen molar-refractivity contribution in [3.05, 3.63) is 66.4 Å². The molecule has 0 fully saturated rings. The first-order valence-electron chi connectivity index (χ1n) is 8.39. The van der Waals surface area contributed by atoms with E-state index in [9.17, 15) is 26.4 Å². The monoisotopic (exact) mass is 440 g/mol. The van der Waals surface area contributed by atoms with Crippen LogP contribution in [0.4, 0.5) is 13.2 Å². The summed E-state index contributed by atoms with van der Waals surface area (Å²) in [7, 11) is -4.31. The molecule has 0 spiro atoms. The van der Waals surface area contributed by atoms with Crippen LogP contribution in [-0.2, 0) is 27.5 Å². The number of aromatic nitrogens is 4. The van der Waals surface area contributed by atoms with Crippen LogP contribution in [0.15, 0.2) is 60.1 Å². The molecule has 9 nitrogen and oxygen atoms in total. The molecule has 2 aromatic heterocycles. The fourth-order valence-electron chi connectivity index (χ4n) is 2.43. The summed E-state index contributed by atoms with van der Waals surface area (Å²) in [5, 5.41) is 6.47. The van der Waals surface area contributed by atoms with Crippen molar-refractivity contribution >= 4 is 15.9 Å². The fourth-order valence-corrected chi connectivity index (χ4v) is 3.46. The summed E-state index contributed by atoms with van der Waals surface area (Å²) in [6, 6.07) is 6.59. The topological polar surface area (TPSA) is 119 Å². The average Bonchev–Trinajstić information content (AvgIpc) is 3.25. The van der Waals surface area contributed by atoms with Crippen molar-refractivity contribution in [2.45, 2.75) is 17.6 Å². The van der Waals surface area contributed by atoms with Crippen LogP contribution in [0.1, 0.15) is 11.1 Å². The Kier molecular flexibility index (Phi) is 6.12. The summed E-state index contributed by atoms with van der Waals surface area (Å²) in [4.78, 5) is 19.4. The zero-order valence-electron chi connectivity index (χ0n) is 15.2. The van der Waals surface area contributed by atoms with E-state index in [1.54, 1.807) is 12.1 Å². The lowest BCUT2D eigenvalue weighted by molar-refractivity contribution is -0.137. The molecular weight excluding hydrogens is 425 g/mol. The molecule has 0 saturated carbocycles. The first-order valence-corrected chi connectivity index (χ1v) is 9.87. The van der Waals surface area contributed by atoms with Crippen molar-refractivity contribution in [1.82, 2.24) is 29.8 Å². The zero-order valence-corrected chi connectivity index (χ0v) is 16.0. The predicted octanol–water partition coefficient (Wildman–Crippen LogP) is 1.28. The summed E-state index contributed by atoms with van der Waals surface area (Å²) in [5.74, 6) is -0.251. The molecular formula is C17H15F3N6O3S. The van der Waals surface area contributed by atoms with Crippen LogP contribution in [0, 0.1) is 0 Å². The molecule has 0 aliphatic heterocycles. The van der Waals surface area contributed by atoms with Crippen molar-refractivity contribution in [2.75, 3.05) is 6.54 Å². The molecule has 0 bridgehead atoms. The minimum Gasteiger partial charge on any atom is -0.351 e.